The van der Waals surface area contributed by atoms with Crippen molar-refractivity contribution in [1.82, 2.24) is 9.78 Å². The summed E-state index contributed by atoms with van der Waals surface area (Å²) >= 11 is 12.1. The van der Waals surface area contributed by atoms with Crippen molar-refractivity contribution in [2.75, 3.05) is 0 Å². The predicted molar refractivity (Wildman–Crippen MR) is 121 cm³/mol. The van der Waals surface area contributed by atoms with Gasteiger partial charge in [0.05, 0.1) is 10.6 Å². The molecule has 0 spiro atoms. The number of carbonyl (C=O) groups is 1. The van der Waals surface area contributed by atoms with Crippen molar-refractivity contribution in [3.8, 4) is 17.0 Å². The largest absolute Gasteiger partial charge is 0.489 e. The van der Waals surface area contributed by atoms with E-state index in [0.29, 0.717) is 27.1 Å². The van der Waals surface area contributed by atoms with E-state index in [0.717, 1.165) is 11.1 Å². The number of nitrogens with zero attached hydrogens (tertiary/aromatic N) is 3. The van der Waals surface area contributed by atoms with Crippen molar-refractivity contribution in [2.24, 2.45) is 0 Å². The summed E-state index contributed by atoms with van der Waals surface area (Å²) in [4.78, 5) is 22.9. The maximum atomic E-state index is 12.6. The number of hydrogen-bond donors (Lipinski definition) is 0. The molecule has 160 valence electrons. The van der Waals surface area contributed by atoms with Crippen LogP contribution in [0.25, 0.3) is 11.3 Å². The van der Waals surface area contributed by atoms with Gasteiger partial charge in [-0.25, -0.2) is 4.68 Å². The summed E-state index contributed by atoms with van der Waals surface area (Å²) in [6.07, 6.45) is 1.54. The molecule has 0 saturated carbocycles. The highest BCUT2D eigenvalue weighted by atomic mass is 35.5. The third kappa shape index (κ3) is 4.80. The molecule has 0 saturated heterocycles. The smallest absolute Gasteiger partial charge is 0.278 e. The van der Waals surface area contributed by atoms with Gasteiger partial charge in [-0.15, -0.1) is 0 Å². The fourth-order valence-corrected chi connectivity index (χ4v) is 3.46. The first kappa shape index (κ1) is 21.5. The minimum atomic E-state index is -0.518. The maximum absolute atomic E-state index is 12.6. The molecule has 1 heterocycles. The van der Waals surface area contributed by atoms with Gasteiger partial charge < -0.3 is 4.74 Å². The van der Waals surface area contributed by atoms with Crippen LogP contribution < -0.4 is 4.74 Å². The van der Waals surface area contributed by atoms with Gasteiger partial charge in [0.15, 0.2) is 0 Å². The number of halogens is 2. The van der Waals surface area contributed by atoms with E-state index in [4.69, 9.17) is 27.9 Å². The van der Waals surface area contributed by atoms with Gasteiger partial charge >= 0.3 is 0 Å². The van der Waals surface area contributed by atoms with E-state index < -0.39 is 10.8 Å². The van der Waals surface area contributed by atoms with Crippen molar-refractivity contribution >= 4 is 34.8 Å². The molecule has 4 aromatic rings. The molecule has 3 aromatic carbocycles. The molecule has 0 amide bonds. The Labute approximate surface area is 192 Å². The number of benzene rings is 3. The average molecular weight is 468 g/mol. The fourth-order valence-electron chi connectivity index (χ4n) is 2.99. The molecule has 0 radical (unpaired) electrons. The van der Waals surface area contributed by atoms with Gasteiger partial charge in [0.2, 0.25) is 0 Å². The zero-order valence-electron chi connectivity index (χ0n) is 16.4. The summed E-state index contributed by atoms with van der Waals surface area (Å²) in [6, 6.07) is 19.6. The highest BCUT2D eigenvalue weighted by Crippen LogP contribution is 2.26. The molecular weight excluding hydrogens is 453 g/mol. The number of carbonyl (C=O) groups excluding carboxylic acids is 1. The lowest BCUT2D eigenvalue weighted by atomic mass is 10.1. The van der Waals surface area contributed by atoms with Crippen LogP contribution in [0.2, 0.25) is 10.0 Å². The normalized spacial score (nSPS) is 10.7. The molecule has 0 aliphatic carbocycles. The molecular formula is C23H15Cl2N3O4. The van der Waals surface area contributed by atoms with E-state index in [9.17, 15) is 14.9 Å². The lowest BCUT2D eigenvalue weighted by Gasteiger charge is -2.09. The van der Waals surface area contributed by atoms with Crippen LogP contribution in [-0.2, 0) is 6.61 Å². The molecule has 0 unspecified atom stereocenters. The highest BCUT2D eigenvalue weighted by Gasteiger charge is 2.14. The van der Waals surface area contributed by atoms with Gasteiger partial charge in [-0.3, -0.25) is 14.9 Å². The molecule has 7 nitrogen and oxygen atoms in total. The third-order valence-electron chi connectivity index (χ3n) is 4.66. The second kappa shape index (κ2) is 9.21. The monoisotopic (exact) mass is 467 g/mol. The maximum Gasteiger partial charge on any atom is 0.278 e. The topological polar surface area (TPSA) is 87.3 Å². The summed E-state index contributed by atoms with van der Waals surface area (Å²) in [6.45, 7) is 0.270. The van der Waals surface area contributed by atoms with Crippen LogP contribution in [0.3, 0.4) is 0 Å². The van der Waals surface area contributed by atoms with Gasteiger partial charge in [-0.05, 0) is 42.5 Å². The second-order valence-electron chi connectivity index (χ2n) is 6.81. The second-order valence-corrected chi connectivity index (χ2v) is 7.65. The number of rotatable bonds is 6. The van der Waals surface area contributed by atoms with Gasteiger partial charge in [0, 0.05) is 45.1 Å². The first-order chi connectivity index (χ1) is 15.4. The molecule has 0 bridgehead atoms. The van der Waals surface area contributed by atoms with Crippen molar-refractivity contribution in [3.05, 3.63) is 110 Å². The summed E-state index contributed by atoms with van der Waals surface area (Å²) in [5.74, 6) is 0.223. The third-order valence-corrected chi connectivity index (χ3v) is 5.25. The molecule has 32 heavy (non-hydrogen) atoms. The van der Waals surface area contributed by atoms with Crippen molar-refractivity contribution in [1.29, 1.82) is 0 Å². The summed E-state index contributed by atoms with van der Waals surface area (Å²) in [5.41, 5.74) is 2.36. The number of aromatic nitrogens is 2. The van der Waals surface area contributed by atoms with E-state index in [2.05, 4.69) is 5.10 Å². The van der Waals surface area contributed by atoms with Crippen molar-refractivity contribution in [2.45, 2.75) is 6.61 Å². The van der Waals surface area contributed by atoms with Gasteiger partial charge in [-0.2, -0.15) is 5.10 Å². The van der Waals surface area contributed by atoms with Crippen LogP contribution in [0, 0.1) is 10.1 Å². The molecule has 0 aliphatic rings. The van der Waals surface area contributed by atoms with Crippen LogP contribution in [-0.4, -0.2) is 20.6 Å². The minimum Gasteiger partial charge on any atom is -0.489 e. The first-order valence-corrected chi connectivity index (χ1v) is 10.2. The number of nitro groups is 1. The van der Waals surface area contributed by atoms with E-state index in [1.54, 1.807) is 30.5 Å². The molecule has 0 aliphatic heterocycles. The Morgan fingerprint density at radius 1 is 1.03 bits per heavy atom. The number of non-ortho nitro benzene ring substituents is 1. The quantitative estimate of drug-likeness (QED) is 0.255. The van der Waals surface area contributed by atoms with Crippen LogP contribution in [0.4, 0.5) is 5.69 Å². The first-order valence-electron chi connectivity index (χ1n) is 9.43. The Hall–Kier alpha value is -3.68. The Morgan fingerprint density at radius 3 is 2.53 bits per heavy atom. The van der Waals surface area contributed by atoms with Gasteiger partial charge in [0.25, 0.3) is 11.6 Å². The number of nitro benzene ring substituents is 1. The molecule has 4 rings (SSSR count). The van der Waals surface area contributed by atoms with Crippen LogP contribution >= 0.6 is 23.2 Å². The summed E-state index contributed by atoms with van der Waals surface area (Å²) in [7, 11) is 0. The highest BCUT2D eigenvalue weighted by molar-refractivity contribution is 6.35. The predicted octanol–water partition coefficient (Wildman–Crippen LogP) is 6.03. The van der Waals surface area contributed by atoms with Crippen molar-refractivity contribution in [3.63, 3.8) is 0 Å². The van der Waals surface area contributed by atoms with Gasteiger partial charge in [-0.1, -0.05) is 41.4 Å². The Kier molecular flexibility index (Phi) is 6.20. The SMILES string of the molecule is O=C(c1ccc([N+](=O)[O-])cc1)n1ccc(-c2cccc(OCc3ccc(Cl)cc3Cl)c2)n1. The molecule has 1 aromatic heterocycles. The average Bonchev–Trinajstić information content (AvgIpc) is 3.29. The molecule has 9 heteroatoms. The molecule has 0 atom stereocenters. The van der Waals surface area contributed by atoms with Crippen LogP contribution in [0.15, 0.2) is 79.0 Å². The number of ether oxygens (including phenoxy) is 1. The van der Waals surface area contributed by atoms with E-state index in [1.807, 2.05) is 24.3 Å². The van der Waals surface area contributed by atoms with Gasteiger partial charge in [0.1, 0.15) is 12.4 Å². The van der Waals surface area contributed by atoms with E-state index >= 15 is 0 Å². The van der Waals surface area contributed by atoms with Crippen LogP contribution in [0.5, 0.6) is 5.75 Å². The van der Waals surface area contributed by atoms with E-state index in [-0.39, 0.29) is 12.3 Å². The Morgan fingerprint density at radius 2 is 1.81 bits per heavy atom. The molecule has 0 fully saturated rings. The number of hydrogen-bond acceptors (Lipinski definition) is 5. The van der Waals surface area contributed by atoms with Crippen molar-refractivity contribution < 1.29 is 14.5 Å². The van der Waals surface area contributed by atoms with Crippen LogP contribution in [0.1, 0.15) is 15.9 Å². The molecule has 0 N–H and O–H groups in total. The summed E-state index contributed by atoms with van der Waals surface area (Å²) < 4.78 is 7.04. The Bertz CT molecular complexity index is 1300. The zero-order chi connectivity index (χ0) is 22.7. The lowest BCUT2D eigenvalue weighted by Crippen LogP contribution is -2.12. The summed E-state index contributed by atoms with van der Waals surface area (Å²) in [5, 5.41) is 16.2. The fraction of sp³-hybridized carbons (Fsp3) is 0.0435. The lowest BCUT2D eigenvalue weighted by molar-refractivity contribution is -0.384. The Balaban J connectivity index is 1.49. The standard InChI is InChI=1S/C23H15Cl2N3O4/c24-18-7-4-17(21(25)13-18)14-32-20-3-1-2-16(12-20)22-10-11-27(26-22)23(29)15-5-8-19(9-6-15)28(30)31/h1-13H,14H2. The zero-order valence-corrected chi connectivity index (χ0v) is 18.0. The van der Waals surface area contributed by atoms with E-state index in [1.165, 1.54) is 28.9 Å². The minimum absolute atomic E-state index is 0.0839.